The molecule has 0 aromatic carbocycles. The zero-order chi connectivity index (χ0) is 12.3. The highest BCUT2D eigenvalue weighted by molar-refractivity contribution is 7.89. The number of aryl methyl sites for hydroxylation is 1. The topological polar surface area (TPSA) is 74.8 Å². The van der Waals surface area contributed by atoms with Crippen LogP contribution in [0, 0.1) is 0 Å². The third-order valence-corrected chi connectivity index (χ3v) is 4.83. The van der Waals surface area contributed by atoms with Gasteiger partial charge >= 0.3 is 0 Å². The normalized spacial score (nSPS) is 11.8. The van der Waals surface area contributed by atoms with E-state index in [-0.39, 0.29) is 5.03 Å². The number of thiophene rings is 1. The van der Waals surface area contributed by atoms with E-state index in [1.54, 1.807) is 11.3 Å². The third kappa shape index (κ3) is 2.93. The Morgan fingerprint density at radius 2 is 2.12 bits per heavy atom. The van der Waals surface area contributed by atoms with Crippen LogP contribution in [0.25, 0.3) is 0 Å². The number of H-pyrrole nitrogens is 1. The molecular weight excluding hydrogens is 258 g/mol. The molecule has 7 heteroatoms. The molecule has 0 saturated carbocycles. The highest BCUT2D eigenvalue weighted by Gasteiger charge is 2.15. The fourth-order valence-corrected chi connectivity index (χ4v) is 3.25. The Balaban J connectivity index is 2.03. The van der Waals surface area contributed by atoms with Crippen LogP contribution in [0.2, 0.25) is 0 Å². The number of aromatic nitrogens is 2. The molecule has 0 aliphatic carbocycles. The van der Waals surface area contributed by atoms with Gasteiger partial charge in [0.2, 0.25) is 0 Å². The average Bonchev–Trinajstić information content (AvgIpc) is 2.98. The first kappa shape index (κ1) is 12.3. The van der Waals surface area contributed by atoms with Gasteiger partial charge in [-0.15, -0.1) is 11.3 Å². The summed E-state index contributed by atoms with van der Waals surface area (Å²) >= 11 is 1.62. The van der Waals surface area contributed by atoms with Crippen LogP contribution in [0.3, 0.4) is 0 Å². The van der Waals surface area contributed by atoms with Crippen LogP contribution in [-0.2, 0) is 23.0 Å². The van der Waals surface area contributed by atoms with Crippen molar-refractivity contribution >= 4 is 21.4 Å². The first-order chi connectivity index (χ1) is 8.12. The van der Waals surface area contributed by atoms with E-state index in [4.69, 9.17) is 0 Å². The van der Waals surface area contributed by atoms with E-state index in [2.05, 4.69) is 21.8 Å². The van der Waals surface area contributed by atoms with Crippen molar-refractivity contribution in [2.24, 2.45) is 0 Å². The summed E-state index contributed by atoms with van der Waals surface area (Å²) in [5.74, 6) is 0. The molecule has 17 heavy (non-hydrogen) atoms. The van der Waals surface area contributed by atoms with Crippen molar-refractivity contribution in [1.82, 2.24) is 14.9 Å². The van der Waals surface area contributed by atoms with Crippen molar-refractivity contribution in [3.8, 4) is 0 Å². The van der Waals surface area contributed by atoms with Crippen LogP contribution in [-0.4, -0.2) is 18.6 Å². The molecule has 0 amide bonds. The monoisotopic (exact) mass is 271 g/mol. The fraction of sp³-hybridized carbons (Fsp3) is 0.300. The minimum absolute atomic E-state index is 0.0878. The van der Waals surface area contributed by atoms with E-state index in [0.717, 1.165) is 11.3 Å². The number of hydrogen-bond acceptors (Lipinski definition) is 4. The molecule has 2 aromatic rings. The number of nitrogens with one attached hydrogen (secondary N) is 2. The summed E-state index contributed by atoms with van der Waals surface area (Å²) in [6.07, 6.45) is 2.38. The molecule has 0 bridgehead atoms. The second-order valence-electron chi connectivity index (χ2n) is 3.47. The van der Waals surface area contributed by atoms with E-state index in [1.807, 2.05) is 12.1 Å². The lowest BCUT2D eigenvalue weighted by Gasteiger charge is -2.02. The van der Waals surface area contributed by atoms with E-state index in [1.165, 1.54) is 17.1 Å². The lowest BCUT2D eigenvalue weighted by molar-refractivity contribution is 0.577. The van der Waals surface area contributed by atoms with Crippen LogP contribution < -0.4 is 4.72 Å². The molecule has 0 unspecified atom stereocenters. The number of hydrogen-bond donors (Lipinski definition) is 2. The van der Waals surface area contributed by atoms with Crippen LogP contribution >= 0.6 is 11.3 Å². The summed E-state index contributed by atoms with van der Waals surface area (Å²) in [6.45, 7) is 2.39. The second-order valence-corrected chi connectivity index (χ2v) is 6.46. The molecule has 2 aromatic heterocycles. The molecule has 92 valence electrons. The molecule has 0 aliphatic rings. The van der Waals surface area contributed by atoms with Gasteiger partial charge in [0.1, 0.15) is 0 Å². The van der Waals surface area contributed by atoms with Crippen LogP contribution in [0.15, 0.2) is 29.4 Å². The fourth-order valence-electron chi connectivity index (χ4n) is 1.34. The first-order valence-corrected chi connectivity index (χ1v) is 7.48. The lowest BCUT2D eigenvalue weighted by Crippen LogP contribution is -2.23. The molecule has 2 N–H and O–H groups in total. The van der Waals surface area contributed by atoms with E-state index >= 15 is 0 Å². The highest BCUT2D eigenvalue weighted by Crippen LogP contribution is 2.17. The van der Waals surface area contributed by atoms with E-state index in [0.29, 0.717) is 6.54 Å². The van der Waals surface area contributed by atoms with Gasteiger partial charge in [-0.05, 0) is 24.6 Å². The number of sulfonamides is 1. The zero-order valence-corrected chi connectivity index (χ0v) is 10.9. The van der Waals surface area contributed by atoms with Crippen molar-refractivity contribution < 1.29 is 8.42 Å². The summed E-state index contributed by atoms with van der Waals surface area (Å²) in [5.41, 5.74) is 0. The average molecular weight is 271 g/mol. The predicted molar refractivity (Wildman–Crippen MR) is 66.3 cm³/mol. The molecule has 0 radical (unpaired) electrons. The number of nitrogens with zero attached hydrogens (tertiary/aromatic N) is 1. The van der Waals surface area contributed by atoms with Crippen molar-refractivity contribution in [1.29, 1.82) is 0 Å². The first-order valence-electron chi connectivity index (χ1n) is 5.18. The van der Waals surface area contributed by atoms with E-state index in [9.17, 15) is 8.42 Å². The van der Waals surface area contributed by atoms with Gasteiger partial charge in [-0.3, -0.25) is 5.10 Å². The van der Waals surface area contributed by atoms with Crippen molar-refractivity contribution in [3.63, 3.8) is 0 Å². The molecule has 0 saturated heterocycles. The highest BCUT2D eigenvalue weighted by atomic mass is 32.2. The minimum Gasteiger partial charge on any atom is -0.266 e. The lowest BCUT2D eigenvalue weighted by atomic mass is 10.4. The summed E-state index contributed by atoms with van der Waals surface area (Å²) in [7, 11) is -3.47. The van der Waals surface area contributed by atoms with Gasteiger partial charge in [0, 0.05) is 16.3 Å². The summed E-state index contributed by atoms with van der Waals surface area (Å²) in [5, 5.41) is 6.14. The number of aromatic amines is 1. The van der Waals surface area contributed by atoms with Gasteiger partial charge in [0.25, 0.3) is 10.0 Å². The van der Waals surface area contributed by atoms with Gasteiger partial charge in [0.15, 0.2) is 5.03 Å². The second kappa shape index (κ2) is 4.99. The smallest absolute Gasteiger partial charge is 0.257 e. The van der Waals surface area contributed by atoms with Crippen molar-refractivity contribution in [3.05, 3.63) is 34.2 Å². The maximum atomic E-state index is 11.8. The number of rotatable bonds is 5. The van der Waals surface area contributed by atoms with Crippen LogP contribution in [0.4, 0.5) is 0 Å². The molecule has 0 spiro atoms. The van der Waals surface area contributed by atoms with Gasteiger partial charge < -0.3 is 0 Å². The molecular formula is C10H13N3O2S2. The molecule has 2 rings (SSSR count). The Labute approximate surface area is 104 Å². The largest absolute Gasteiger partial charge is 0.266 e. The van der Waals surface area contributed by atoms with Gasteiger partial charge in [-0.2, -0.15) is 5.10 Å². The maximum Gasteiger partial charge on any atom is 0.257 e. The maximum absolute atomic E-state index is 11.8. The zero-order valence-electron chi connectivity index (χ0n) is 9.30. The van der Waals surface area contributed by atoms with Gasteiger partial charge in [-0.25, -0.2) is 13.1 Å². The van der Waals surface area contributed by atoms with Crippen molar-refractivity contribution in [2.45, 2.75) is 24.9 Å². The Hall–Kier alpha value is -1.18. The van der Waals surface area contributed by atoms with Crippen LogP contribution in [0.5, 0.6) is 0 Å². The minimum atomic E-state index is -3.47. The molecule has 0 atom stereocenters. The summed E-state index contributed by atoms with van der Waals surface area (Å²) in [6, 6.07) is 5.39. The van der Waals surface area contributed by atoms with Crippen LogP contribution in [0.1, 0.15) is 16.7 Å². The van der Waals surface area contributed by atoms with Gasteiger partial charge in [0.05, 0.1) is 6.20 Å². The standard InChI is InChI=1S/C10H13N3O2S2/c1-2-8-3-4-9(16-8)7-12-17(14,15)10-5-6-11-13-10/h3-6,12H,2,7H2,1H3,(H,11,13). The van der Waals surface area contributed by atoms with E-state index < -0.39 is 10.0 Å². The SMILES string of the molecule is CCc1ccc(CNS(=O)(=O)c2ccn[nH]2)s1. The third-order valence-electron chi connectivity index (χ3n) is 2.27. The Kier molecular flexibility index (Phi) is 3.60. The Morgan fingerprint density at radius 3 is 2.71 bits per heavy atom. The molecule has 0 aliphatic heterocycles. The Morgan fingerprint density at radius 1 is 1.35 bits per heavy atom. The summed E-state index contributed by atoms with van der Waals surface area (Å²) in [4.78, 5) is 2.26. The molecule has 5 nitrogen and oxygen atoms in total. The molecule has 0 fully saturated rings. The van der Waals surface area contributed by atoms with Gasteiger partial charge in [-0.1, -0.05) is 6.92 Å². The quantitative estimate of drug-likeness (QED) is 0.865. The predicted octanol–water partition coefficient (Wildman–Crippen LogP) is 1.51. The molecule has 2 heterocycles. The Bertz CT molecular complexity index is 572. The van der Waals surface area contributed by atoms with Crippen molar-refractivity contribution in [2.75, 3.05) is 0 Å². The summed E-state index contributed by atoms with van der Waals surface area (Å²) < 4.78 is 26.1.